The van der Waals surface area contributed by atoms with E-state index in [1.165, 1.54) is 0 Å². The maximum absolute atomic E-state index is 11.9. The van der Waals surface area contributed by atoms with Gasteiger partial charge in [-0.3, -0.25) is 4.79 Å². The first kappa shape index (κ1) is 12.6. The number of amides is 1. The molecule has 1 aromatic carbocycles. The number of benzene rings is 1. The van der Waals surface area contributed by atoms with Gasteiger partial charge in [0.25, 0.3) is 5.91 Å². The third-order valence-corrected chi connectivity index (χ3v) is 3.87. The summed E-state index contributed by atoms with van der Waals surface area (Å²) in [4.78, 5) is 14.8. The predicted octanol–water partition coefficient (Wildman–Crippen LogP) is 3.61. The van der Waals surface area contributed by atoms with Crippen LogP contribution in [0.15, 0.2) is 36.5 Å². The molecule has 5 heteroatoms. The fourth-order valence-electron chi connectivity index (χ4n) is 2.22. The molecule has 0 spiro atoms. The van der Waals surface area contributed by atoms with E-state index >= 15 is 0 Å². The van der Waals surface area contributed by atoms with Gasteiger partial charge in [-0.1, -0.05) is 41.4 Å². The van der Waals surface area contributed by atoms with Crippen LogP contribution in [-0.2, 0) is 0 Å². The molecule has 3 nitrogen and oxygen atoms in total. The summed E-state index contributed by atoms with van der Waals surface area (Å²) in [6.45, 7) is 0. The van der Waals surface area contributed by atoms with Crippen LogP contribution in [0.1, 0.15) is 28.4 Å². The Kier molecular flexibility index (Phi) is 3.25. The normalized spacial score (nSPS) is 21.2. The summed E-state index contributed by atoms with van der Waals surface area (Å²) in [7, 11) is 0. The zero-order chi connectivity index (χ0) is 13.4. The van der Waals surface area contributed by atoms with E-state index in [4.69, 9.17) is 23.2 Å². The van der Waals surface area contributed by atoms with E-state index in [2.05, 4.69) is 10.3 Å². The van der Waals surface area contributed by atoms with Crippen LogP contribution in [0.2, 0.25) is 10.0 Å². The second-order valence-electron chi connectivity index (χ2n) is 4.68. The third-order valence-electron chi connectivity index (χ3n) is 3.30. The van der Waals surface area contributed by atoms with Gasteiger partial charge in [0.05, 0.1) is 5.02 Å². The highest BCUT2D eigenvalue weighted by atomic mass is 35.5. The number of rotatable bonds is 3. The van der Waals surface area contributed by atoms with Crippen molar-refractivity contribution >= 4 is 29.1 Å². The Balaban J connectivity index is 1.65. The Hall–Kier alpha value is -1.45. The van der Waals surface area contributed by atoms with Gasteiger partial charge < -0.3 is 10.3 Å². The van der Waals surface area contributed by atoms with E-state index in [9.17, 15) is 4.79 Å². The maximum Gasteiger partial charge on any atom is 0.267 e. The molecule has 2 N–H and O–H groups in total. The summed E-state index contributed by atoms with van der Waals surface area (Å²) >= 11 is 11.9. The van der Waals surface area contributed by atoms with Gasteiger partial charge in [-0.05, 0) is 24.1 Å². The lowest BCUT2D eigenvalue weighted by Gasteiger charge is -2.05. The van der Waals surface area contributed by atoms with E-state index in [0.717, 1.165) is 17.0 Å². The van der Waals surface area contributed by atoms with Gasteiger partial charge >= 0.3 is 0 Å². The number of hydrogen-bond donors (Lipinski definition) is 2. The van der Waals surface area contributed by atoms with Crippen LogP contribution >= 0.6 is 23.2 Å². The summed E-state index contributed by atoms with van der Waals surface area (Å²) in [5, 5.41) is 4.26. The Morgan fingerprint density at radius 1 is 1.32 bits per heavy atom. The number of halogens is 2. The summed E-state index contributed by atoms with van der Waals surface area (Å²) in [5.74, 6) is 0.175. The smallest absolute Gasteiger partial charge is 0.267 e. The zero-order valence-electron chi connectivity index (χ0n) is 9.99. The Morgan fingerprint density at radius 3 is 2.79 bits per heavy atom. The van der Waals surface area contributed by atoms with Gasteiger partial charge in [-0.2, -0.15) is 0 Å². The van der Waals surface area contributed by atoms with Crippen molar-refractivity contribution in [3.05, 3.63) is 57.8 Å². The Morgan fingerprint density at radius 2 is 2.11 bits per heavy atom. The molecular weight excluding hydrogens is 283 g/mol. The first-order valence-electron chi connectivity index (χ1n) is 6.04. The van der Waals surface area contributed by atoms with E-state index in [1.54, 1.807) is 12.3 Å². The molecule has 98 valence electrons. The minimum Gasteiger partial charge on any atom is -0.356 e. The average Bonchev–Trinajstić information content (AvgIpc) is 2.99. The Bertz CT molecular complexity index is 623. The number of H-pyrrole nitrogens is 1. The lowest BCUT2D eigenvalue weighted by molar-refractivity contribution is 0.0946. The summed E-state index contributed by atoms with van der Waals surface area (Å²) in [5.41, 5.74) is 1.58. The maximum atomic E-state index is 11.9. The van der Waals surface area contributed by atoms with Crippen LogP contribution in [0, 0.1) is 0 Å². The monoisotopic (exact) mass is 294 g/mol. The molecule has 0 unspecified atom stereocenters. The van der Waals surface area contributed by atoms with Crippen LogP contribution < -0.4 is 5.32 Å². The van der Waals surface area contributed by atoms with Crippen molar-refractivity contribution < 1.29 is 4.79 Å². The van der Waals surface area contributed by atoms with Crippen molar-refractivity contribution in [2.75, 3.05) is 0 Å². The van der Waals surface area contributed by atoms with Crippen LogP contribution in [0.5, 0.6) is 0 Å². The van der Waals surface area contributed by atoms with Gasteiger partial charge in [0.15, 0.2) is 0 Å². The second kappa shape index (κ2) is 4.91. The molecule has 1 saturated carbocycles. The fourth-order valence-corrected chi connectivity index (χ4v) is 2.66. The number of nitrogens with one attached hydrogen (secondary N) is 2. The number of aromatic amines is 1. The van der Waals surface area contributed by atoms with E-state index in [-0.39, 0.29) is 11.9 Å². The summed E-state index contributed by atoms with van der Waals surface area (Å²) in [6.07, 6.45) is 2.51. The highest BCUT2D eigenvalue weighted by Gasteiger charge is 2.40. The van der Waals surface area contributed by atoms with Gasteiger partial charge in [0.1, 0.15) is 5.69 Å². The molecular formula is C14H12Cl2N2O. The van der Waals surface area contributed by atoms with Crippen molar-refractivity contribution in [2.45, 2.75) is 18.4 Å². The summed E-state index contributed by atoms with van der Waals surface area (Å²) < 4.78 is 0. The molecule has 19 heavy (non-hydrogen) atoms. The standard InChI is InChI=1S/C14H12Cl2N2O/c15-8-5-13(17-7-8)14(19)18-12-6-10(12)9-3-1-2-4-11(9)16/h1-5,7,10,12,17H,6H2,(H,18,19)/t10-,12+/m1/s1. The number of carbonyl (C=O) groups is 1. The molecule has 1 heterocycles. The lowest BCUT2D eigenvalue weighted by Crippen LogP contribution is -2.26. The first-order chi connectivity index (χ1) is 9.15. The van der Waals surface area contributed by atoms with Crippen LogP contribution in [-0.4, -0.2) is 16.9 Å². The Labute approximate surface area is 120 Å². The second-order valence-corrected chi connectivity index (χ2v) is 5.52. The number of hydrogen-bond acceptors (Lipinski definition) is 1. The van der Waals surface area contributed by atoms with Gasteiger partial charge in [0, 0.05) is 23.2 Å². The highest BCUT2D eigenvalue weighted by molar-refractivity contribution is 6.31. The molecule has 3 rings (SSSR count). The molecule has 0 saturated heterocycles. The molecule has 1 aliphatic carbocycles. The lowest BCUT2D eigenvalue weighted by atomic mass is 10.1. The molecule has 1 fully saturated rings. The van der Waals surface area contributed by atoms with Crippen LogP contribution in [0.4, 0.5) is 0 Å². The molecule has 1 aromatic heterocycles. The predicted molar refractivity (Wildman–Crippen MR) is 75.9 cm³/mol. The zero-order valence-corrected chi connectivity index (χ0v) is 11.5. The molecule has 1 amide bonds. The highest BCUT2D eigenvalue weighted by Crippen LogP contribution is 2.43. The largest absolute Gasteiger partial charge is 0.356 e. The van der Waals surface area contributed by atoms with E-state index in [1.807, 2.05) is 24.3 Å². The first-order valence-corrected chi connectivity index (χ1v) is 6.80. The fraction of sp³-hybridized carbons (Fsp3) is 0.214. The average molecular weight is 295 g/mol. The number of carbonyl (C=O) groups excluding carboxylic acids is 1. The van der Waals surface area contributed by atoms with Crippen molar-refractivity contribution in [1.82, 2.24) is 10.3 Å². The summed E-state index contributed by atoms with van der Waals surface area (Å²) in [6, 6.07) is 9.51. The SMILES string of the molecule is O=C(N[C@H]1C[C@@H]1c1ccccc1Cl)c1cc(Cl)c[nH]1. The molecule has 1 aliphatic rings. The van der Waals surface area contributed by atoms with Crippen LogP contribution in [0.3, 0.4) is 0 Å². The van der Waals surface area contributed by atoms with Crippen molar-refractivity contribution in [1.29, 1.82) is 0 Å². The molecule has 2 atom stereocenters. The van der Waals surface area contributed by atoms with E-state index < -0.39 is 0 Å². The third kappa shape index (κ3) is 2.62. The minimum absolute atomic E-state index is 0.133. The van der Waals surface area contributed by atoms with Crippen molar-refractivity contribution in [2.24, 2.45) is 0 Å². The number of aromatic nitrogens is 1. The van der Waals surface area contributed by atoms with Gasteiger partial charge in [0.2, 0.25) is 0 Å². The van der Waals surface area contributed by atoms with Gasteiger partial charge in [-0.25, -0.2) is 0 Å². The van der Waals surface area contributed by atoms with E-state index in [0.29, 0.717) is 16.6 Å². The molecule has 0 bridgehead atoms. The topological polar surface area (TPSA) is 44.9 Å². The van der Waals surface area contributed by atoms with Crippen LogP contribution in [0.25, 0.3) is 0 Å². The minimum atomic E-state index is -0.133. The van der Waals surface area contributed by atoms with Gasteiger partial charge in [-0.15, -0.1) is 0 Å². The van der Waals surface area contributed by atoms with Crippen molar-refractivity contribution in [3.63, 3.8) is 0 Å². The molecule has 2 aromatic rings. The molecule has 0 radical (unpaired) electrons. The van der Waals surface area contributed by atoms with Crippen molar-refractivity contribution in [3.8, 4) is 0 Å². The molecule has 0 aliphatic heterocycles. The quantitative estimate of drug-likeness (QED) is 0.892.